The van der Waals surface area contributed by atoms with Crippen molar-refractivity contribution < 1.29 is 14.0 Å². The van der Waals surface area contributed by atoms with E-state index in [1.807, 2.05) is 24.3 Å². The van der Waals surface area contributed by atoms with Gasteiger partial charge in [-0.3, -0.25) is 0 Å². The normalized spacial score (nSPS) is 22.1. The molecule has 2 aromatic rings. The molecule has 0 aliphatic carbocycles. The summed E-state index contributed by atoms with van der Waals surface area (Å²) in [6.07, 6.45) is 0.621. The van der Waals surface area contributed by atoms with Crippen LogP contribution in [0.15, 0.2) is 28.8 Å². The van der Waals surface area contributed by atoms with E-state index in [2.05, 4.69) is 10.1 Å². The first-order chi connectivity index (χ1) is 9.76. The van der Waals surface area contributed by atoms with Gasteiger partial charge in [-0.05, 0) is 17.7 Å². The van der Waals surface area contributed by atoms with Crippen molar-refractivity contribution in [3.05, 3.63) is 41.5 Å². The maximum absolute atomic E-state index is 5.94. The van der Waals surface area contributed by atoms with Gasteiger partial charge < -0.3 is 19.7 Å². The smallest absolute Gasteiger partial charge is 0.233 e. The summed E-state index contributed by atoms with van der Waals surface area (Å²) in [5.41, 5.74) is 7.04. The summed E-state index contributed by atoms with van der Waals surface area (Å²) >= 11 is 0. The van der Waals surface area contributed by atoms with Gasteiger partial charge >= 0.3 is 0 Å². The van der Waals surface area contributed by atoms with Crippen LogP contribution in [0.25, 0.3) is 0 Å². The average molecular weight is 275 g/mol. The van der Waals surface area contributed by atoms with Crippen molar-refractivity contribution in [2.45, 2.75) is 18.4 Å². The molecule has 2 unspecified atom stereocenters. The van der Waals surface area contributed by atoms with Crippen LogP contribution in [0.1, 0.15) is 23.2 Å². The van der Waals surface area contributed by atoms with Crippen LogP contribution < -0.4 is 10.5 Å². The summed E-state index contributed by atoms with van der Waals surface area (Å²) in [6.45, 7) is 1.09. The lowest BCUT2D eigenvalue weighted by Crippen LogP contribution is -2.27. The second-order valence-electron chi connectivity index (χ2n) is 4.88. The van der Waals surface area contributed by atoms with Gasteiger partial charge in [0, 0.05) is 12.5 Å². The fraction of sp³-hybridized carbons (Fsp3) is 0.429. The molecule has 3 rings (SSSR count). The number of ether oxygens (including phenoxy) is 2. The van der Waals surface area contributed by atoms with E-state index >= 15 is 0 Å². The molecule has 0 bridgehead atoms. The Morgan fingerprint density at radius 2 is 2.10 bits per heavy atom. The van der Waals surface area contributed by atoms with Crippen LogP contribution in [0.4, 0.5) is 0 Å². The Kier molecular flexibility index (Phi) is 3.66. The van der Waals surface area contributed by atoms with Crippen LogP contribution in [0.3, 0.4) is 0 Å². The predicted octanol–water partition coefficient (Wildman–Crippen LogP) is 1.11. The Labute approximate surface area is 116 Å². The molecule has 0 amide bonds. The molecular weight excluding hydrogens is 258 g/mol. The molecule has 0 radical (unpaired) electrons. The first-order valence-corrected chi connectivity index (χ1v) is 6.55. The van der Waals surface area contributed by atoms with Gasteiger partial charge in [0.15, 0.2) is 5.82 Å². The van der Waals surface area contributed by atoms with Gasteiger partial charge in [0.2, 0.25) is 5.89 Å². The highest BCUT2D eigenvalue weighted by molar-refractivity contribution is 5.28. The van der Waals surface area contributed by atoms with Crippen LogP contribution in [0.5, 0.6) is 5.75 Å². The first kappa shape index (κ1) is 13.1. The minimum atomic E-state index is -0.0655. The van der Waals surface area contributed by atoms with Crippen molar-refractivity contribution >= 4 is 0 Å². The number of nitrogens with two attached hydrogens (primary N) is 1. The van der Waals surface area contributed by atoms with Gasteiger partial charge in [0.25, 0.3) is 0 Å². The highest BCUT2D eigenvalue weighted by atomic mass is 16.5. The summed E-state index contributed by atoms with van der Waals surface area (Å²) < 4.78 is 15.7. The van der Waals surface area contributed by atoms with E-state index in [0.717, 1.165) is 11.3 Å². The van der Waals surface area contributed by atoms with Crippen molar-refractivity contribution in [2.24, 2.45) is 5.73 Å². The lowest BCUT2D eigenvalue weighted by molar-refractivity contribution is 0.187. The van der Waals surface area contributed by atoms with Crippen molar-refractivity contribution in [1.82, 2.24) is 10.1 Å². The maximum atomic E-state index is 5.94. The third-order valence-electron chi connectivity index (χ3n) is 3.45. The molecule has 6 heteroatoms. The Balaban J connectivity index is 1.70. The Morgan fingerprint density at radius 1 is 1.30 bits per heavy atom. The standard InChI is InChI=1S/C14H17N3O3/c1-18-10-4-2-9(3-5-10)6-13-16-14(20-17-13)11-7-19-8-12(11)15/h2-5,11-12H,6-8,15H2,1H3. The van der Waals surface area contributed by atoms with E-state index in [1.54, 1.807) is 7.11 Å². The molecule has 2 N–H and O–H groups in total. The van der Waals surface area contributed by atoms with E-state index in [-0.39, 0.29) is 12.0 Å². The number of methoxy groups -OCH3 is 1. The molecule has 1 aromatic heterocycles. The molecule has 1 saturated heterocycles. The Bertz CT molecular complexity index is 567. The van der Waals surface area contributed by atoms with Crippen LogP contribution in [-0.4, -0.2) is 36.5 Å². The molecule has 0 spiro atoms. The van der Waals surface area contributed by atoms with E-state index < -0.39 is 0 Å². The molecule has 6 nitrogen and oxygen atoms in total. The number of benzene rings is 1. The molecule has 1 fully saturated rings. The zero-order valence-electron chi connectivity index (χ0n) is 11.3. The second-order valence-corrected chi connectivity index (χ2v) is 4.88. The lowest BCUT2D eigenvalue weighted by atomic mass is 10.1. The number of rotatable bonds is 4. The van der Waals surface area contributed by atoms with Gasteiger partial charge in [-0.2, -0.15) is 4.98 Å². The summed E-state index contributed by atoms with van der Waals surface area (Å²) in [5.74, 6) is 2.06. The molecule has 106 valence electrons. The van der Waals surface area contributed by atoms with Crippen molar-refractivity contribution in [2.75, 3.05) is 20.3 Å². The van der Waals surface area contributed by atoms with Crippen LogP contribution >= 0.6 is 0 Å². The molecule has 0 saturated carbocycles. The fourth-order valence-electron chi connectivity index (χ4n) is 2.24. The molecule has 1 aliphatic rings. The number of hydrogen-bond acceptors (Lipinski definition) is 6. The molecule has 20 heavy (non-hydrogen) atoms. The van der Waals surface area contributed by atoms with Gasteiger partial charge in [0.1, 0.15) is 5.75 Å². The third kappa shape index (κ3) is 2.66. The summed E-state index contributed by atoms with van der Waals surface area (Å²) in [6, 6.07) is 7.73. The van der Waals surface area contributed by atoms with E-state index in [1.165, 1.54) is 0 Å². The largest absolute Gasteiger partial charge is 0.497 e. The summed E-state index contributed by atoms with van der Waals surface area (Å²) in [7, 11) is 1.65. The van der Waals surface area contributed by atoms with E-state index in [0.29, 0.717) is 31.3 Å². The molecule has 1 aromatic carbocycles. The molecule has 1 aliphatic heterocycles. The zero-order valence-corrected chi connectivity index (χ0v) is 11.3. The third-order valence-corrected chi connectivity index (χ3v) is 3.45. The van der Waals surface area contributed by atoms with Gasteiger partial charge in [-0.25, -0.2) is 0 Å². The molecule has 2 heterocycles. The number of nitrogens with zero attached hydrogens (tertiary/aromatic N) is 2. The second kappa shape index (κ2) is 5.60. The van der Waals surface area contributed by atoms with E-state index in [9.17, 15) is 0 Å². The number of aromatic nitrogens is 2. The first-order valence-electron chi connectivity index (χ1n) is 6.55. The highest BCUT2D eigenvalue weighted by Gasteiger charge is 2.31. The Hall–Kier alpha value is -1.92. The summed E-state index contributed by atoms with van der Waals surface area (Å²) in [5, 5.41) is 4.00. The number of hydrogen-bond donors (Lipinski definition) is 1. The van der Waals surface area contributed by atoms with Gasteiger partial charge in [-0.1, -0.05) is 17.3 Å². The average Bonchev–Trinajstić information content (AvgIpc) is 3.08. The minimum absolute atomic E-state index is 0.00659. The highest BCUT2D eigenvalue weighted by Crippen LogP contribution is 2.23. The molecule has 2 atom stereocenters. The molecular formula is C14H17N3O3. The Morgan fingerprint density at radius 3 is 2.75 bits per heavy atom. The van der Waals surface area contributed by atoms with Crippen LogP contribution in [-0.2, 0) is 11.2 Å². The van der Waals surface area contributed by atoms with Crippen molar-refractivity contribution in [1.29, 1.82) is 0 Å². The van der Waals surface area contributed by atoms with Gasteiger partial charge in [0.05, 0.1) is 26.2 Å². The SMILES string of the molecule is COc1ccc(Cc2noc(C3COCC3N)n2)cc1. The quantitative estimate of drug-likeness (QED) is 0.900. The minimum Gasteiger partial charge on any atom is -0.497 e. The summed E-state index contributed by atoms with van der Waals surface area (Å²) in [4.78, 5) is 4.41. The monoisotopic (exact) mass is 275 g/mol. The van der Waals surface area contributed by atoms with Crippen LogP contribution in [0, 0.1) is 0 Å². The van der Waals surface area contributed by atoms with E-state index in [4.69, 9.17) is 19.7 Å². The fourth-order valence-corrected chi connectivity index (χ4v) is 2.24. The van der Waals surface area contributed by atoms with Crippen molar-refractivity contribution in [3.8, 4) is 5.75 Å². The van der Waals surface area contributed by atoms with Gasteiger partial charge in [-0.15, -0.1) is 0 Å². The maximum Gasteiger partial charge on any atom is 0.233 e. The lowest BCUT2D eigenvalue weighted by Gasteiger charge is -2.06. The topological polar surface area (TPSA) is 83.4 Å². The predicted molar refractivity (Wildman–Crippen MR) is 71.6 cm³/mol. The zero-order chi connectivity index (χ0) is 13.9. The van der Waals surface area contributed by atoms with Crippen LogP contribution in [0.2, 0.25) is 0 Å². The van der Waals surface area contributed by atoms with Crippen molar-refractivity contribution in [3.63, 3.8) is 0 Å².